The van der Waals surface area contributed by atoms with Gasteiger partial charge in [-0.15, -0.1) is 11.3 Å². The fourth-order valence-corrected chi connectivity index (χ4v) is 4.11. The number of hydrogen-bond acceptors (Lipinski definition) is 6. The number of aromatic nitrogens is 3. The van der Waals surface area contributed by atoms with Crippen LogP contribution in [0.3, 0.4) is 0 Å². The first kappa shape index (κ1) is 19.5. The third-order valence-electron chi connectivity index (χ3n) is 4.33. The van der Waals surface area contributed by atoms with E-state index in [1.54, 1.807) is 24.3 Å². The maximum atomic E-state index is 13.9. The van der Waals surface area contributed by atoms with Gasteiger partial charge >= 0.3 is 6.18 Å². The lowest BCUT2D eigenvalue weighted by molar-refractivity contribution is -0.0918. The first-order chi connectivity index (χ1) is 13.8. The Bertz CT molecular complexity index is 1120. The molecular weight excluding hydrogens is 429 g/mol. The van der Waals surface area contributed by atoms with Gasteiger partial charge in [-0.2, -0.15) is 23.3 Å². The molecule has 0 fully saturated rings. The maximum Gasteiger partial charge on any atom is 0.431 e. The summed E-state index contributed by atoms with van der Waals surface area (Å²) in [5.74, 6) is -0.483. The minimum absolute atomic E-state index is 0.0880. The van der Waals surface area contributed by atoms with Crippen LogP contribution < -0.4 is 10.1 Å². The van der Waals surface area contributed by atoms with Crippen molar-refractivity contribution >= 4 is 34.7 Å². The van der Waals surface area contributed by atoms with Crippen molar-refractivity contribution in [2.75, 3.05) is 12.4 Å². The Morgan fingerprint density at radius 3 is 2.76 bits per heavy atom. The molecule has 1 atom stereocenters. The summed E-state index contributed by atoms with van der Waals surface area (Å²) in [7, 11) is 1.44. The Morgan fingerprint density at radius 2 is 2.10 bits per heavy atom. The molecule has 6 nitrogen and oxygen atoms in total. The monoisotopic (exact) mass is 440 g/mol. The average molecular weight is 441 g/mol. The number of carbonyl (C=O) groups is 1. The number of halogens is 4. The molecule has 11 heteroatoms. The van der Waals surface area contributed by atoms with Crippen LogP contribution in [-0.2, 0) is 0 Å². The summed E-state index contributed by atoms with van der Waals surface area (Å²) in [4.78, 5) is 17.1. The Hall–Kier alpha value is -2.85. The van der Waals surface area contributed by atoms with Crippen molar-refractivity contribution in [3.63, 3.8) is 0 Å². The second-order valence-electron chi connectivity index (χ2n) is 6.05. The normalized spacial score (nSPS) is 16.4. The molecular formula is C18H12ClF3N4O2S. The molecule has 0 radical (unpaired) electrons. The van der Waals surface area contributed by atoms with E-state index in [9.17, 15) is 18.0 Å². The predicted octanol–water partition coefficient (Wildman–Crippen LogP) is 4.72. The van der Waals surface area contributed by atoms with Crippen LogP contribution in [0.5, 0.6) is 5.75 Å². The van der Waals surface area contributed by atoms with E-state index in [2.05, 4.69) is 15.4 Å². The first-order valence-electron chi connectivity index (χ1n) is 8.21. The molecule has 0 spiro atoms. The van der Waals surface area contributed by atoms with Crippen LogP contribution in [-0.4, -0.2) is 33.8 Å². The molecule has 0 amide bonds. The van der Waals surface area contributed by atoms with Gasteiger partial charge in [-0.25, -0.2) is 4.68 Å². The van der Waals surface area contributed by atoms with Crippen LogP contribution in [0.15, 0.2) is 54.0 Å². The molecule has 1 aliphatic rings. The summed E-state index contributed by atoms with van der Waals surface area (Å²) in [6.45, 7) is 0. The third kappa shape index (κ3) is 3.49. The quantitative estimate of drug-likeness (QED) is 0.595. The summed E-state index contributed by atoms with van der Waals surface area (Å²) in [6.07, 6.45) is -3.70. The van der Waals surface area contributed by atoms with Gasteiger partial charge in [-0.1, -0.05) is 23.7 Å². The van der Waals surface area contributed by atoms with Crippen LogP contribution in [0.25, 0.3) is 0 Å². The zero-order valence-corrected chi connectivity index (χ0v) is 16.3. The number of carbonyl (C=O) groups excluding carboxylic acids is 1. The molecule has 0 bridgehead atoms. The van der Waals surface area contributed by atoms with Crippen LogP contribution in [0, 0.1) is 0 Å². The highest BCUT2D eigenvalue weighted by molar-refractivity contribution is 7.18. The molecule has 2 aromatic heterocycles. The fourth-order valence-electron chi connectivity index (χ4n) is 3.12. The number of Topliss-reactive ketones (excluding diaryl/α,β-unsaturated/α-hetero) is 1. The van der Waals surface area contributed by atoms with Gasteiger partial charge in [-0.05, 0) is 29.8 Å². The molecule has 0 unspecified atom stereocenters. The van der Waals surface area contributed by atoms with Crippen molar-refractivity contribution in [2.24, 2.45) is 0 Å². The van der Waals surface area contributed by atoms with E-state index >= 15 is 0 Å². The van der Waals surface area contributed by atoms with Crippen molar-refractivity contribution in [3.8, 4) is 5.75 Å². The predicted molar refractivity (Wildman–Crippen MR) is 102 cm³/mol. The topological polar surface area (TPSA) is 69.0 Å². The number of anilines is 1. The summed E-state index contributed by atoms with van der Waals surface area (Å²) >= 11 is 6.80. The van der Waals surface area contributed by atoms with Gasteiger partial charge in [-0.3, -0.25) is 4.79 Å². The molecule has 4 rings (SSSR count). The lowest BCUT2D eigenvalue weighted by atomic mass is 9.91. The Labute approximate surface area is 171 Å². The number of hydrogen-bond donors (Lipinski definition) is 1. The average Bonchev–Trinajstić information content (AvgIpc) is 3.34. The van der Waals surface area contributed by atoms with Crippen molar-refractivity contribution in [1.82, 2.24) is 14.8 Å². The second-order valence-corrected chi connectivity index (χ2v) is 7.77. The highest BCUT2D eigenvalue weighted by atomic mass is 35.5. The molecule has 1 aromatic carbocycles. The van der Waals surface area contributed by atoms with Gasteiger partial charge in [0.05, 0.1) is 21.9 Å². The number of nitrogens with one attached hydrogen (secondary N) is 1. The molecule has 3 aromatic rings. The summed E-state index contributed by atoms with van der Waals surface area (Å²) in [5.41, 5.74) is -1.28. The molecule has 29 heavy (non-hydrogen) atoms. The van der Waals surface area contributed by atoms with Gasteiger partial charge in [0.25, 0.3) is 0 Å². The lowest BCUT2D eigenvalue weighted by Crippen LogP contribution is -2.35. The van der Waals surface area contributed by atoms with E-state index < -0.39 is 29.3 Å². The highest BCUT2D eigenvalue weighted by Crippen LogP contribution is 2.43. The number of ketones is 1. The summed E-state index contributed by atoms with van der Waals surface area (Å²) in [6, 6.07) is 8.15. The van der Waals surface area contributed by atoms with Crippen molar-refractivity contribution in [1.29, 1.82) is 0 Å². The molecule has 3 heterocycles. The van der Waals surface area contributed by atoms with E-state index in [-0.39, 0.29) is 10.8 Å². The highest BCUT2D eigenvalue weighted by Gasteiger charge is 2.46. The molecule has 0 aliphatic carbocycles. The number of fused-ring (bicyclic) bond motifs is 1. The number of thiophene rings is 1. The SMILES string of the molecule is COc1cccc([C@@H]2C(C(=O)c3ccc(Cl)s3)=C(C(F)(F)F)Nc3ncnn32)c1. The number of allylic oxidation sites excluding steroid dienone is 2. The number of ether oxygens (including phenoxy) is 1. The number of rotatable bonds is 4. The van der Waals surface area contributed by atoms with E-state index in [1.165, 1.54) is 23.9 Å². The van der Waals surface area contributed by atoms with Gasteiger partial charge in [0.15, 0.2) is 0 Å². The first-order valence-corrected chi connectivity index (χ1v) is 9.41. The van der Waals surface area contributed by atoms with Gasteiger partial charge in [0.2, 0.25) is 11.7 Å². The molecule has 0 saturated heterocycles. The summed E-state index contributed by atoms with van der Waals surface area (Å²) < 4.78 is 48.5. The Morgan fingerprint density at radius 1 is 1.31 bits per heavy atom. The zero-order valence-electron chi connectivity index (χ0n) is 14.7. The largest absolute Gasteiger partial charge is 0.497 e. The van der Waals surface area contributed by atoms with Crippen molar-refractivity contribution < 1.29 is 22.7 Å². The zero-order chi connectivity index (χ0) is 20.8. The van der Waals surface area contributed by atoms with Crippen molar-refractivity contribution in [2.45, 2.75) is 12.2 Å². The standard InChI is InChI=1S/C18H12ClF3N4O2S/c1-28-10-4-2-3-9(7-10)14-13(15(27)11-5-6-12(19)29-11)16(18(20,21)22)25-17-23-8-24-26(14)17/h2-8,14H,1H3,(H,23,24,25)/t14-/m1/s1. The molecule has 1 N–H and O–H groups in total. The van der Waals surface area contributed by atoms with Crippen LogP contribution in [0.1, 0.15) is 21.3 Å². The maximum absolute atomic E-state index is 13.9. The second kappa shape index (κ2) is 7.20. The Kier molecular flexibility index (Phi) is 4.83. The number of nitrogens with zero attached hydrogens (tertiary/aromatic N) is 3. The molecule has 1 aliphatic heterocycles. The number of benzene rings is 1. The van der Waals surface area contributed by atoms with Crippen LogP contribution in [0.4, 0.5) is 19.1 Å². The number of methoxy groups -OCH3 is 1. The smallest absolute Gasteiger partial charge is 0.431 e. The summed E-state index contributed by atoms with van der Waals surface area (Å²) in [5, 5.41) is 6.26. The fraction of sp³-hybridized carbons (Fsp3) is 0.167. The van der Waals surface area contributed by atoms with Gasteiger partial charge in [0, 0.05) is 0 Å². The Balaban J connectivity index is 1.97. The van der Waals surface area contributed by atoms with Gasteiger partial charge < -0.3 is 10.1 Å². The molecule has 150 valence electrons. The number of alkyl halides is 3. The van der Waals surface area contributed by atoms with E-state index in [1.807, 2.05) is 0 Å². The minimum atomic E-state index is -4.82. The lowest BCUT2D eigenvalue weighted by Gasteiger charge is -2.30. The minimum Gasteiger partial charge on any atom is -0.497 e. The third-order valence-corrected chi connectivity index (χ3v) is 5.56. The van der Waals surface area contributed by atoms with E-state index in [4.69, 9.17) is 16.3 Å². The van der Waals surface area contributed by atoms with Crippen LogP contribution >= 0.6 is 22.9 Å². The van der Waals surface area contributed by atoms with Gasteiger partial charge in [0.1, 0.15) is 23.8 Å². The molecule has 0 saturated carbocycles. The van der Waals surface area contributed by atoms with Crippen molar-refractivity contribution in [3.05, 3.63) is 68.8 Å². The van der Waals surface area contributed by atoms with E-state index in [0.717, 1.165) is 17.7 Å². The van der Waals surface area contributed by atoms with Crippen LogP contribution in [0.2, 0.25) is 4.34 Å². The van der Waals surface area contributed by atoms with E-state index in [0.29, 0.717) is 15.6 Å².